The van der Waals surface area contributed by atoms with Gasteiger partial charge in [0.25, 0.3) is 0 Å². The topological polar surface area (TPSA) is 87.5 Å². The van der Waals surface area contributed by atoms with Crippen LogP contribution in [0.25, 0.3) is 0 Å². The second-order valence-corrected chi connectivity index (χ2v) is 8.76. The lowest BCUT2D eigenvalue weighted by molar-refractivity contribution is 0.00546. The van der Waals surface area contributed by atoms with Gasteiger partial charge in [0.15, 0.2) is 0 Å². The van der Waals surface area contributed by atoms with Gasteiger partial charge in [0.05, 0.1) is 18.0 Å². The van der Waals surface area contributed by atoms with Crippen molar-refractivity contribution in [1.82, 2.24) is 19.4 Å². The lowest BCUT2D eigenvalue weighted by Gasteiger charge is -2.49. The van der Waals surface area contributed by atoms with E-state index in [1.54, 1.807) is 29.9 Å². The molecule has 0 amide bonds. The second kappa shape index (κ2) is 5.84. The van der Waals surface area contributed by atoms with Crippen LogP contribution in [0.5, 0.6) is 0 Å². The van der Waals surface area contributed by atoms with Crippen LogP contribution in [0.1, 0.15) is 30.7 Å². The zero-order chi connectivity index (χ0) is 16.8. The molecule has 0 radical (unpaired) electrons. The smallest absolute Gasteiger partial charge is 0.246 e. The second-order valence-electron chi connectivity index (χ2n) is 6.88. The van der Waals surface area contributed by atoms with Gasteiger partial charge in [-0.2, -0.15) is 9.40 Å². The number of piperidine rings is 2. The molecule has 0 bridgehead atoms. The summed E-state index contributed by atoms with van der Waals surface area (Å²) in [4.78, 5) is 0.315. The van der Waals surface area contributed by atoms with Crippen molar-refractivity contribution in [2.45, 2.75) is 44.0 Å². The van der Waals surface area contributed by atoms with Crippen LogP contribution in [-0.4, -0.2) is 59.9 Å². The van der Waals surface area contributed by atoms with Gasteiger partial charge in [0, 0.05) is 31.6 Å². The van der Waals surface area contributed by atoms with Crippen LogP contribution in [0, 0.1) is 19.3 Å². The molecule has 0 unspecified atom stereocenters. The summed E-state index contributed by atoms with van der Waals surface area (Å²) in [6.07, 6.45) is 2.56. The molecule has 8 heteroatoms. The van der Waals surface area contributed by atoms with Gasteiger partial charge in [-0.3, -0.25) is 4.68 Å². The number of nitrogens with zero attached hydrogens (tertiary/aromatic N) is 3. The van der Waals surface area contributed by atoms with Crippen molar-refractivity contribution in [3.05, 3.63) is 11.4 Å². The van der Waals surface area contributed by atoms with Crippen molar-refractivity contribution in [3.8, 4) is 0 Å². The third-order valence-corrected chi connectivity index (χ3v) is 7.59. The van der Waals surface area contributed by atoms with Gasteiger partial charge in [0.2, 0.25) is 10.0 Å². The fourth-order valence-electron chi connectivity index (χ4n) is 4.11. The van der Waals surface area contributed by atoms with Crippen LogP contribution in [0.4, 0.5) is 0 Å². The minimum atomic E-state index is -3.59. The molecule has 2 N–H and O–H groups in total. The van der Waals surface area contributed by atoms with E-state index in [2.05, 4.69) is 10.4 Å². The molecule has 3 rings (SSSR count). The van der Waals surface area contributed by atoms with Crippen molar-refractivity contribution in [2.75, 3.05) is 26.2 Å². The number of aliphatic hydroxyl groups is 1. The minimum Gasteiger partial charge on any atom is -0.396 e. The molecule has 2 fully saturated rings. The molecule has 1 aromatic rings. The lowest BCUT2D eigenvalue weighted by Crippen LogP contribution is -2.62. The van der Waals surface area contributed by atoms with Gasteiger partial charge in [-0.15, -0.1) is 0 Å². The number of aliphatic hydroxyl groups excluding tert-OH is 1. The van der Waals surface area contributed by atoms with Gasteiger partial charge >= 0.3 is 0 Å². The van der Waals surface area contributed by atoms with E-state index in [-0.39, 0.29) is 18.1 Å². The van der Waals surface area contributed by atoms with Gasteiger partial charge < -0.3 is 10.4 Å². The van der Waals surface area contributed by atoms with Gasteiger partial charge in [0.1, 0.15) is 4.90 Å². The highest BCUT2D eigenvalue weighted by Crippen LogP contribution is 2.39. The monoisotopic (exact) mass is 342 g/mol. The van der Waals surface area contributed by atoms with E-state index in [1.165, 1.54) is 0 Å². The van der Waals surface area contributed by atoms with Crippen molar-refractivity contribution in [2.24, 2.45) is 12.5 Å². The Hall–Kier alpha value is -0.960. The Balaban J connectivity index is 1.95. The molecule has 0 spiro atoms. The Labute approximate surface area is 137 Å². The van der Waals surface area contributed by atoms with E-state index in [9.17, 15) is 13.5 Å². The van der Waals surface area contributed by atoms with E-state index in [0.29, 0.717) is 29.4 Å². The van der Waals surface area contributed by atoms with Crippen LogP contribution < -0.4 is 5.32 Å². The quantitative estimate of drug-likeness (QED) is 0.817. The first-order valence-corrected chi connectivity index (χ1v) is 9.60. The van der Waals surface area contributed by atoms with Crippen LogP contribution in [0.3, 0.4) is 0 Å². The van der Waals surface area contributed by atoms with Crippen LogP contribution >= 0.6 is 0 Å². The van der Waals surface area contributed by atoms with Crippen molar-refractivity contribution in [3.63, 3.8) is 0 Å². The highest BCUT2D eigenvalue weighted by Gasteiger charge is 2.47. The Morgan fingerprint density at radius 1 is 1.43 bits per heavy atom. The summed E-state index contributed by atoms with van der Waals surface area (Å²) in [5.74, 6) is 0. The fraction of sp³-hybridized carbons (Fsp3) is 0.800. The Kier molecular flexibility index (Phi) is 4.29. The van der Waals surface area contributed by atoms with E-state index < -0.39 is 10.0 Å². The van der Waals surface area contributed by atoms with Crippen LogP contribution in [0.2, 0.25) is 0 Å². The molecule has 1 aromatic heterocycles. The Morgan fingerprint density at radius 2 is 2.17 bits per heavy atom. The number of rotatable bonds is 3. The average molecular weight is 342 g/mol. The fourth-order valence-corrected chi connectivity index (χ4v) is 6.06. The summed E-state index contributed by atoms with van der Waals surface area (Å²) < 4.78 is 29.4. The molecule has 2 atom stereocenters. The predicted octanol–water partition coefficient (Wildman–Crippen LogP) is 0.162. The minimum absolute atomic E-state index is 0.0156. The number of aromatic nitrogens is 2. The highest BCUT2D eigenvalue weighted by molar-refractivity contribution is 7.89. The molecule has 130 valence electrons. The van der Waals surface area contributed by atoms with Crippen molar-refractivity contribution < 1.29 is 13.5 Å². The predicted molar refractivity (Wildman–Crippen MR) is 86.6 cm³/mol. The molecule has 0 aliphatic carbocycles. The number of aryl methyl sites for hydroxylation is 2. The number of fused-ring (bicyclic) bond motifs is 1. The van der Waals surface area contributed by atoms with Crippen molar-refractivity contribution in [1.29, 1.82) is 0 Å². The molecular formula is C15H26N4O3S. The lowest BCUT2D eigenvalue weighted by atomic mass is 9.71. The van der Waals surface area contributed by atoms with Crippen molar-refractivity contribution >= 4 is 10.0 Å². The van der Waals surface area contributed by atoms with Gasteiger partial charge in [-0.05, 0) is 39.7 Å². The molecular weight excluding hydrogens is 316 g/mol. The Morgan fingerprint density at radius 3 is 2.78 bits per heavy atom. The summed E-state index contributed by atoms with van der Waals surface area (Å²) in [7, 11) is -1.83. The largest absolute Gasteiger partial charge is 0.396 e. The maximum Gasteiger partial charge on any atom is 0.246 e. The third kappa shape index (κ3) is 2.61. The summed E-state index contributed by atoms with van der Waals surface area (Å²) >= 11 is 0. The molecule has 7 nitrogen and oxygen atoms in total. The van der Waals surface area contributed by atoms with E-state index >= 15 is 0 Å². The average Bonchev–Trinajstić information content (AvgIpc) is 2.79. The maximum atomic E-state index is 13.1. The zero-order valence-corrected chi connectivity index (χ0v) is 14.9. The molecule has 23 heavy (non-hydrogen) atoms. The number of hydrogen-bond acceptors (Lipinski definition) is 5. The van der Waals surface area contributed by atoms with Gasteiger partial charge in [-0.25, -0.2) is 8.42 Å². The molecule has 2 aliphatic rings. The number of sulfonamides is 1. The van der Waals surface area contributed by atoms with E-state index in [4.69, 9.17) is 0 Å². The summed E-state index contributed by atoms with van der Waals surface area (Å²) in [5, 5.41) is 17.7. The van der Waals surface area contributed by atoms with Gasteiger partial charge in [-0.1, -0.05) is 0 Å². The standard InChI is InChI=1S/C15H26N4O3S/c1-11-14(12(2)18(3)17-11)23(21,22)19-8-5-13-15(9-19,10-20)6-4-7-16-13/h13,16,20H,4-10H2,1-3H3/t13-,15-/m1/s1. The number of hydrogen-bond donors (Lipinski definition) is 2. The normalized spacial score (nSPS) is 29.5. The molecule has 2 aliphatic heterocycles. The Bertz CT molecular complexity index is 700. The highest BCUT2D eigenvalue weighted by atomic mass is 32.2. The van der Waals surface area contributed by atoms with Crippen LogP contribution in [-0.2, 0) is 17.1 Å². The first kappa shape index (κ1) is 16.9. The summed E-state index contributed by atoms with van der Waals surface area (Å²) in [6, 6.07) is 0.198. The maximum absolute atomic E-state index is 13.1. The molecule has 0 aromatic carbocycles. The molecule has 0 saturated carbocycles. The molecule has 2 saturated heterocycles. The SMILES string of the molecule is Cc1nn(C)c(C)c1S(=O)(=O)N1CC[C@H]2NCCC[C@]2(CO)C1. The first-order valence-electron chi connectivity index (χ1n) is 8.16. The molecule has 3 heterocycles. The van der Waals surface area contributed by atoms with Crippen LogP contribution in [0.15, 0.2) is 4.90 Å². The van der Waals surface area contributed by atoms with E-state index in [0.717, 1.165) is 25.8 Å². The summed E-state index contributed by atoms with van der Waals surface area (Å²) in [5.41, 5.74) is 0.824. The number of nitrogens with one attached hydrogen (secondary N) is 1. The summed E-state index contributed by atoms with van der Waals surface area (Å²) in [6.45, 7) is 5.33. The zero-order valence-electron chi connectivity index (χ0n) is 14.0. The third-order valence-electron chi connectivity index (χ3n) is 5.50. The first-order chi connectivity index (χ1) is 10.8. The van der Waals surface area contributed by atoms with E-state index in [1.807, 2.05) is 0 Å².